The van der Waals surface area contributed by atoms with Crippen molar-refractivity contribution in [1.82, 2.24) is 20.5 Å². The SMILES string of the molecule is CCSC1CCCC(NC(=NC)NCC2CCN(Cc3csc(C)n3)CC2)C1. The highest BCUT2D eigenvalue weighted by Gasteiger charge is 2.23. The van der Waals surface area contributed by atoms with Crippen molar-refractivity contribution in [2.24, 2.45) is 10.9 Å². The number of hydrogen-bond acceptors (Lipinski definition) is 5. The summed E-state index contributed by atoms with van der Waals surface area (Å²) in [6.07, 6.45) is 7.77. The number of piperidine rings is 1. The number of nitrogens with one attached hydrogen (secondary N) is 2. The maximum absolute atomic E-state index is 4.61. The van der Waals surface area contributed by atoms with E-state index in [-0.39, 0.29) is 0 Å². The Labute approximate surface area is 179 Å². The predicted octanol–water partition coefficient (Wildman–Crippen LogP) is 3.89. The van der Waals surface area contributed by atoms with E-state index in [2.05, 4.69) is 56.5 Å². The van der Waals surface area contributed by atoms with Crippen molar-refractivity contribution in [2.75, 3.05) is 32.4 Å². The predicted molar refractivity (Wildman–Crippen MR) is 124 cm³/mol. The normalized spacial score (nSPS) is 25.0. The van der Waals surface area contributed by atoms with Gasteiger partial charge < -0.3 is 10.6 Å². The lowest BCUT2D eigenvalue weighted by Gasteiger charge is -2.33. The summed E-state index contributed by atoms with van der Waals surface area (Å²) in [5.74, 6) is 2.96. The van der Waals surface area contributed by atoms with Gasteiger partial charge in [-0.3, -0.25) is 9.89 Å². The fourth-order valence-corrected chi connectivity index (χ4v) is 6.13. The Morgan fingerprint density at radius 3 is 2.82 bits per heavy atom. The number of hydrogen-bond donors (Lipinski definition) is 2. The maximum atomic E-state index is 4.61. The van der Waals surface area contributed by atoms with Crippen LogP contribution in [0.5, 0.6) is 0 Å². The Balaban J connectivity index is 1.35. The van der Waals surface area contributed by atoms with E-state index < -0.39 is 0 Å². The van der Waals surface area contributed by atoms with Gasteiger partial charge in [0.25, 0.3) is 0 Å². The second-order valence-corrected chi connectivity index (χ2v) is 10.8. The lowest BCUT2D eigenvalue weighted by Crippen LogP contribution is -2.47. The largest absolute Gasteiger partial charge is 0.356 e. The molecule has 0 bridgehead atoms. The van der Waals surface area contributed by atoms with Crippen LogP contribution in [0.4, 0.5) is 0 Å². The van der Waals surface area contributed by atoms with Gasteiger partial charge in [0.1, 0.15) is 0 Å². The van der Waals surface area contributed by atoms with Crippen molar-refractivity contribution in [3.63, 3.8) is 0 Å². The van der Waals surface area contributed by atoms with Crippen LogP contribution in [0.2, 0.25) is 0 Å². The number of aryl methyl sites for hydroxylation is 1. The smallest absolute Gasteiger partial charge is 0.191 e. The van der Waals surface area contributed by atoms with Gasteiger partial charge in [0.2, 0.25) is 0 Å². The molecular formula is C21H37N5S2. The lowest BCUT2D eigenvalue weighted by atomic mass is 9.95. The van der Waals surface area contributed by atoms with E-state index in [0.717, 1.165) is 30.2 Å². The quantitative estimate of drug-likeness (QED) is 0.515. The van der Waals surface area contributed by atoms with Crippen LogP contribution in [-0.2, 0) is 6.54 Å². The Hall–Kier alpha value is -0.790. The second kappa shape index (κ2) is 11.4. The molecule has 2 N–H and O–H groups in total. The molecule has 1 saturated carbocycles. The van der Waals surface area contributed by atoms with E-state index in [4.69, 9.17) is 0 Å². The van der Waals surface area contributed by atoms with Gasteiger partial charge in [-0.2, -0.15) is 11.8 Å². The van der Waals surface area contributed by atoms with E-state index in [1.807, 2.05) is 7.05 Å². The molecule has 0 amide bonds. The summed E-state index contributed by atoms with van der Waals surface area (Å²) >= 11 is 3.87. The molecule has 2 fully saturated rings. The highest BCUT2D eigenvalue weighted by Crippen LogP contribution is 2.28. The summed E-state index contributed by atoms with van der Waals surface area (Å²) in [6, 6.07) is 0.576. The zero-order valence-corrected chi connectivity index (χ0v) is 19.4. The van der Waals surface area contributed by atoms with Gasteiger partial charge in [0.15, 0.2) is 5.96 Å². The second-order valence-electron chi connectivity index (χ2n) is 8.12. The van der Waals surface area contributed by atoms with Crippen LogP contribution in [0.25, 0.3) is 0 Å². The number of thioether (sulfide) groups is 1. The van der Waals surface area contributed by atoms with Crippen molar-refractivity contribution in [2.45, 2.75) is 70.2 Å². The van der Waals surface area contributed by atoms with Gasteiger partial charge in [-0.15, -0.1) is 11.3 Å². The molecule has 5 nitrogen and oxygen atoms in total. The first-order chi connectivity index (χ1) is 13.7. The fraction of sp³-hybridized carbons (Fsp3) is 0.810. The third kappa shape index (κ3) is 6.92. The number of rotatable bonds is 7. The molecule has 2 aliphatic rings. The van der Waals surface area contributed by atoms with Crippen molar-refractivity contribution in [3.05, 3.63) is 16.1 Å². The summed E-state index contributed by atoms with van der Waals surface area (Å²) in [5, 5.41) is 11.5. The van der Waals surface area contributed by atoms with Crippen LogP contribution in [0.1, 0.15) is 56.2 Å². The van der Waals surface area contributed by atoms with Crippen molar-refractivity contribution in [3.8, 4) is 0 Å². The molecule has 2 unspecified atom stereocenters. The van der Waals surface area contributed by atoms with Crippen LogP contribution < -0.4 is 10.6 Å². The van der Waals surface area contributed by atoms with Crippen LogP contribution in [0, 0.1) is 12.8 Å². The summed E-state index contributed by atoms with van der Waals surface area (Å²) in [4.78, 5) is 11.6. The standard InChI is InChI=1S/C21H37N5S2/c1-4-27-20-7-5-6-18(12-20)25-21(22-3)23-13-17-8-10-26(11-9-17)14-19-15-28-16(2)24-19/h15,17-18,20H,4-14H2,1-3H3,(H2,22,23,25). The van der Waals surface area contributed by atoms with Gasteiger partial charge in [-0.25, -0.2) is 4.98 Å². The molecule has 1 aliphatic heterocycles. The Morgan fingerprint density at radius 1 is 1.32 bits per heavy atom. The third-order valence-electron chi connectivity index (χ3n) is 5.91. The van der Waals surface area contributed by atoms with E-state index >= 15 is 0 Å². The molecule has 28 heavy (non-hydrogen) atoms. The first-order valence-electron chi connectivity index (χ1n) is 10.9. The van der Waals surface area contributed by atoms with Gasteiger partial charge in [0.05, 0.1) is 10.7 Å². The Morgan fingerprint density at radius 2 is 2.14 bits per heavy atom. The van der Waals surface area contributed by atoms with Gasteiger partial charge in [-0.1, -0.05) is 13.3 Å². The monoisotopic (exact) mass is 423 g/mol. The minimum Gasteiger partial charge on any atom is -0.356 e. The zero-order chi connectivity index (χ0) is 19.8. The first-order valence-corrected chi connectivity index (χ1v) is 12.8. The number of thiazole rings is 1. The van der Waals surface area contributed by atoms with E-state index in [1.165, 1.54) is 68.1 Å². The molecule has 1 aromatic rings. The molecule has 0 radical (unpaired) electrons. The molecule has 0 spiro atoms. The summed E-state index contributed by atoms with van der Waals surface area (Å²) in [6.45, 7) is 8.74. The number of likely N-dealkylation sites (tertiary alicyclic amines) is 1. The van der Waals surface area contributed by atoms with Crippen molar-refractivity contribution in [1.29, 1.82) is 0 Å². The van der Waals surface area contributed by atoms with Gasteiger partial charge in [0, 0.05) is 36.8 Å². The Bertz CT molecular complexity index is 608. The molecule has 2 atom stereocenters. The number of aromatic nitrogens is 1. The maximum Gasteiger partial charge on any atom is 0.191 e. The first kappa shape index (κ1) is 21.9. The number of aliphatic imine (C=N–C) groups is 1. The summed E-state index contributed by atoms with van der Waals surface area (Å²) < 4.78 is 0. The van der Waals surface area contributed by atoms with Crippen molar-refractivity contribution < 1.29 is 0 Å². The molecule has 1 aromatic heterocycles. The minimum atomic E-state index is 0.576. The van der Waals surface area contributed by atoms with Crippen LogP contribution in [0.15, 0.2) is 10.4 Å². The third-order valence-corrected chi connectivity index (χ3v) is 7.97. The van der Waals surface area contributed by atoms with Crippen molar-refractivity contribution >= 4 is 29.1 Å². The van der Waals surface area contributed by atoms with E-state index in [9.17, 15) is 0 Å². The molecular weight excluding hydrogens is 386 g/mol. The van der Waals surface area contributed by atoms with Crippen LogP contribution in [-0.4, -0.2) is 59.6 Å². The fourth-order valence-electron chi connectivity index (χ4n) is 4.35. The molecule has 0 aromatic carbocycles. The Kier molecular flexibility index (Phi) is 8.93. The molecule has 3 rings (SSSR count). The number of nitrogens with zero attached hydrogens (tertiary/aromatic N) is 3. The zero-order valence-electron chi connectivity index (χ0n) is 17.7. The highest BCUT2D eigenvalue weighted by atomic mass is 32.2. The molecule has 2 heterocycles. The minimum absolute atomic E-state index is 0.576. The molecule has 7 heteroatoms. The average Bonchev–Trinajstić information content (AvgIpc) is 3.11. The highest BCUT2D eigenvalue weighted by molar-refractivity contribution is 7.99. The molecule has 158 valence electrons. The average molecular weight is 424 g/mol. The summed E-state index contributed by atoms with van der Waals surface area (Å²) in [5.41, 5.74) is 1.23. The molecule has 1 saturated heterocycles. The molecule has 1 aliphatic carbocycles. The topological polar surface area (TPSA) is 52.6 Å². The number of guanidine groups is 1. The van der Waals surface area contributed by atoms with Gasteiger partial charge in [-0.05, 0) is 63.8 Å². The van der Waals surface area contributed by atoms with Crippen LogP contribution in [0.3, 0.4) is 0 Å². The van der Waals surface area contributed by atoms with Gasteiger partial charge >= 0.3 is 0 Å². The lowest BCUT2D eigenvalue weighted by molar-refractivity contribution is 0.176. The van der Waals surface area contributed by atoms with E-state index in [1.54, 1.807) is 11.3 Å². The summed E-state index contributed by atoms with van der Waals surface area (Å²) in [7, 11) is 1.90. The van der Waals surface area contributed by atoms with Crippen LogP contribution >= 0.6 is 23.1 Å². The van der Waals surface area contributed by atoms with E-state index in [0.29, 0.717) is 6.04 Å².